The van der Waals surface area contributed by atoms with Gasteiger partial charge in [-0.3, -0.25) is 9.58 Å². The number of nitrogens with zero attached hydrogens (tertiary/aromatic N) is 4. The second-order valence-electron chi connectivity index (χ2n) is 6.86. The highest BCUT2D eigenvalue weighted by Gasteiger charge is 2.31. The predicted molar refractivity (Wildman–Crippen MR) is 88.6 cm³/mol. The van der Waals surface area contributed by atoms with E-state index >= 15 is 0 Å². The molecule has 1 saturated heterocycles. The number of hydrogen-bond donors (Lipinski definition) is 0. The van der Waals surface area contributed by atoms with Crippen molar-refractivity contribution in [2.45, 2.75) is 45.9 Å². The molecule has 0 saturated carbocycles. The molecule has 6 nitrogen and oxygen atoms in total. The molecule has 0 radical (unpaired) electrons. The first-order valence-electron chi connectivity index (χ1n) is 7.55. The molecule has 0 bridgehead atoms. The largest absolute Gasteiger partial charge is 0.444 e. The van der Waals surface area contributed by atoms with Gasteiger partial charge in [0.2, 0.25) is 0 Å². The Kier molecular flexibility index (Phi) is 5.17. The maximum absolute atomic E-state index is 12.2. The van der Waals surface area contributed by atoms with Gasteiger partial charge in [-0.15, -0.1) is 0 Å². The van der Waals surface area contributed by atoms with Crippen LogP contribution < -0.4 is 0 Å². The molecule has 2 rings (SSSR count). The Morgan fingerprint density at radius 3 is 2.64 bits per heavy atom. The highest BCUT2D eigenvalue weighted by Crippen LogP contribution is 2.20. The Labute approximate surface area is 140 Å². The van der Waals surface area contributed by atoms with Gasteiger partial charge in [-0.2, -0.15) is 5.10 Å². The molecule has 124 valence electrons. The first kappa shape index (κ1) is 17.3. The lowest BCUT2D eigenvalue weighted by molar-refractivity contribution is 0.000403. The van der Waals surface area contributed by atoms with Crippen molar-refractivity contribution in [2.24, 2.45) is 7.05 Å². The van der Waals surface area contributed by atoms with Crippen molar-refractivity contribution in [1.82, 2.24) is 19.6 Å². The fraction of sp³-hybridized carbons (Fsp3) is 0.733. The highest BCUT2D eigenvalue weighted by molar-refractivity contribution is 9.10. The van der Waals surface area contributed by atoms with E-state index in [0.29, 0.717) is 6.54 Å². The molecule has 7 heteroatoms. The average Bonchev–Trinajstić information content (AvgIpc) is 2.65. The van der Waals surface area contributed by atoms with Crippen molar-refractivity contribution >= 4 is 22.0 Å². The van der Waals surface area contributed by atoms with E-state index in [0.717, 1.165) is 29.8 Å². The van der Waals surface area contributed by atoms with Crippen LogP contribution in [0.15, 0.2) is 10.7 Å². The van der Waals surface area contributed by atoms with E-state index in [1.54, 1.807) is 4.68 Å². The molecular weight excluding hydrogens is 348 g/mol. The first-order chi connectivity index (χ1) is 10.2. The fourth-order valence-electron chi connectivity index (χ4n) is 2.59. The van der Waals surface area contributed by atoms with Crippen molar-refractivity contribution in [1.29, 1.82) is 0 Å². The van der Waals surface area contributed by atoms with Gasteiger partial charge in [0.1, 0.15) is 5.60 Å². The van der Waals surface area contributed by atoms with Crippen LogP contribution >= 0.6 is 15.9 Å². The zero-order valence-electron chi connectivity index (χ0n) is 14.0. The zero-order chi connectivity index (χ0) is 16.5. The molecular formula is C15H25BrN4O2. The SMILES string of the molecule is C[C@@H]1CN(Cc2nn(C)cc2Br)CCN1C(=O)OC(C)(C)C. The minimum absolute atomic E-state index is 0.131. The molecule has 1 aliphatic heterocycles. The Morgan fingerprint density at radius 2 is 2.14 bits per heavy atom. The van der Waals surface area contributed by atoms with Gasteiger partial charge < -0.3 is 9.64 Å². The lowest BCUT2D eigenvalue weighted by Crippen LogP contribution is -2.54. The zero-order valence-corrected chi connectivity index (χ0v) is 15.6. The Morgan fingerprint density at radius 1 is 1.45 bits per heavy atom. The lowest BCUT2D eigenvalue weighted by atomic mass is 10.2. The lowest BCUT2D eigenvalue weighted by Gasteiger charge is -2.40. The first-order valence-corrected chi connectivity index (χ1v) is 8.35. The van der Waals surface area contributed by atoms with Crippen molar-refractivity contribution in [2.75, 3.05) is 19.6 Å². The van der Waals surface area contributed by atoms with Gasteiger partial charge in [-0.25, -0.2) is 4.79 Å². The smallest absolute Gasteiger partial charge is 0.410 e. The minimum Gasteiger partial charge on any atom is -0.444 e. The molecule has 1 atom stereocenters. The molecule has 0 aromatic carbocycles. The third kappa shape index (κ3) is 4.46. The van der Waals surface area contributed by atoms with Gasteiger partial charge in [0.05, 0.1) is 10.2 Å². The van der Waals surface area contributed by atoms with E-state index in [4.69, 9.17) is 4.74 Å². The number of aryl methyl sites for hydroxylation is 1. The summed E-state index contributed by atoms with van der Waals surface area (Å²) in [4.78, 5) is 16.3. The van der Waals surface area contributed by atoms with Crippen molar-refractivity contribution in [3.05, 3.63) is 16.4 Å². The Balaban J connectivity index is 1.92. The molecule has 1 aliphatic rings. The van der Waals surface area contributed by atoms with Crippen LogP contribution in [0.25, 0.3) is 0 Å². The van der Waals surface area contributed by atoms with Gasteiger partial charge in [-0.1, -0.05) is 0 Å². The van der Waals surface area contributed by atoms with Crippen molar-refractivity contribution in [3.63, 3.8) is 0 Å². The fourth-order valence-corrected chi connectivity index (χ4v) is 3.09. The molecule has 1 aromatic rings. The second kappa shape index (κ2) is 6.58. The van der Waals surface area contributed by atoms with Crippen LogP contribution in [0.4, 0.5) is 4.79 Å². The molecule has 1 aromatic heterocycles. The number of amides is 1. The number of ether oxygens (including phenoxy) is 1. The normalized spacial score (nSPS) is 20.3. The number of carbonyl (C=O) groups is 1. The number of aromatic nitrogens is 2. The number of hydrogen-bond acceptors (Lipinski definition) is 4. The van der Waals surface area contributed by atoms with E-state index in [1.165, 1.54) is 0 Å². The van der Waals surface area contributed by atoms with E-state index in [-0.39, 0.29) is 12.1 Å². The van der Waals surface area contributed by atoms with Gasteiger partial charge in [0.25, 0.3) is 0 Å². The molecule has 1 amide bonds. The highest BCUT2D eigenvalue weighted by atomic mass is 79.9. The number of rotatable bonds is 2. The van der Waals surface area contributed by atoms with Crippen molar-refractivity contribution < 1.29 is 9.53 Å². The third-order valence-electron chi connectivity index (χ3n) is 3.57. The predicted octanol–water partition coefficient (Wildman–Crippen LogP) is 2.62. The maximum Gasteiger partial charge on any atom is 0.410 e. The van der Waals surface area contributed by atoms with Crippen molar-refractivity contribution in [3.8, 4) is 0 Å². The van der Waals surface area contributed by atoms with Gasteiger partial charge in [0, 0.05) is 45.5 Å². The molecule has 0 unspecified atom stereocenters. The quantitative estimate of drug-likeness (QED) is 0.800. The molecule has 2 heterocycles. The van der Waals surface area contributed by atoms with E-state index in [2.05, 4.69) is 32.9 Å². The molecule has 0 spiro atoms. The number of piperazine rings is 1. The summed E-state index contributed by atoms with van der Waals surface area (Å²) in [5.74, 6) is 0. The summed E-state index contributed by atoms with van der Waals surface area (Å²) in [6.45, 7) is 10.9. The summed E-state index contributed by atoms with van der Waals surface area (Å²) in [7, 11) is 1.91. The Bertz CT molecular complexity index is 538. The summed E-state index contributed by atoms with van der Waals surface area (Å²) in [6, 6.07) is 0.131. The van der Waals surface area contributed by atoms with Gasteiger partial charge >= 0.3 is 6.09 Å². The number of carbonyl (C=O) groups excluding carboxylic acids is 1. The van der Waals surface area contributed by atoms with E-state index in [9.17, 15) is 4.79 Å². The topological polar surface area (TPSA) is 50.6 Å². The Hall–Kier alpha value is -1.08. The third-order valence-corrected chi connectivity index (χ3v) is 4.23. The standard InChI is InChI=1S/C15H25BrN4O2/c1-11-8-19(10-13-12(16)9-18(5)17-13)6-7-20(11)14(21)22-15(2,3)4/h9,11H,6-8,10H2,1-5H3/t11-/m1/s1. The molecule has 0 N–H and O–H groups in total. The van der Waals surface area contributed by atoms with Crippen LogP contribution in [0.5, 0.6) is 0 Å². The number of halogens is 1. The molecule has 1 fully saturated rings. The average molecular weight is 373 g/mol. The molecule has 22 heavy (non-hydrogen) atoms. The monoisotopic (exact) mass is 372 g/mol. The van der Waals surface area contributed by atoms with Gasteiger partial charge in [0.15, 0.2) is 0 Å². The summed E-state index contributed by atoms with van der Waals surface area (Å²) < 4.78 is 8.30. The van der Waals surface area contributed by atoms with Crippen LogP contribution in [-0.4, -0.2) is 57.0 Å². The van der Waals surface area contributed by atoms with E-state index in [1.807, 2.05) is 38.9 Å². The minimum atomic E-state index is -0.452. The maximum atomic E-state index is 12.2. The summed E-state index contributed by atoms with van der Waals surface area (Å²) in [6.07, 6.45) is 1.73. The van der Waals surface area contributed by atoms with Crippen LogP contribution in [0.2, 0.25) is 0 Å². The van der Waals surface area contributed by atoms with Crippen LogP contribution in [0.3, 0.4) is 0 Å². The molecule has 0 aliphatic carbocycles. The second-order valence-corrected chi connectivity index (χ2v) is 7.71. The van der Waals surface area contributed by atoms with E-state index < -0.39 is 5.60 Å². The van der Waals surface area contributed by atoms with Crippen LogP contribution in [0, 0.1) is 0 Å². The summed E-state index contributed by atoms with van der Waals surface area (Å²) >= 11 is 3.53. The summed E-state index contributed by atoms with van der Waals surface area (Å²) in [5.41, 5.74) is 0.577. The van der Waals surface area contributed by atoms with Crippen LogP contribution in [0.1, 0.15) is 33.4 Å². The van der Waals surface area contributed by atoms with Crippen LogP contribution in [-0.2, 0) is 18.3 Å². The van der Waals surface area contributed by atoms with Gasteiger partial charge in [-0.05, 0) is 43.6 Å². The summed E-state index contributed by atoms with van der Waals surface area (Å²) in [5, 5.41) is 4.45.